The standard InChI is InChI=1S/C19H22N2O2/c1-12(2)15-7-5-6-8-17(15)21-19(23)18(22)20-16-10-9-13(3)11-14(16)4/h5-12H,1-4H3,(H,20,22)(H,21,23). The van der Waals surface area contributed by atoms with Crippen molar-refractivity contribution >= 4 is 23.2 Å². The highest BCUT2D eigenvalue weighted by molar-refractivity contribution is 6.43. The first-order chi connectivity index (χ1) is 10.9. The van der Waals surface area contributed by atoms with Gasteiger partial charge in [-0.3, -0.25) is 9.59 Å². The smallest absolute Gasteiger partial charge is 0.314 e. The third-order valence-electron chi connectivity index (χ3n) is 3.67. The molecule has 0 radical (unpaired) electrons. The molecule has 4 heteroatoms. The summed E-state index contributed by atoms with van der Waals surface area (Å²) in [5.74, 6) is -1.08. The summed E-state index contributed by atoms with van der Waals surface area (Å²) >= 11 is 0. The first-order valence-corrected chi connectivity index (χ1v) is 7.67. The van der Waals surface area contributed by atoms with E-state index in [0.717, 1.165) is 16.7 Å². The van der Waals surface area contributed by atoms with Gasteiger partial charge in [0, 0.05) is 11.4 Å². The first kappa shape index (κ1) is 16.7. The molecule has 2 amide bonds. The number of rotatable bonds is 3. The van der Waals surface area contributed by atoms with Crippen LogP contribution in [-0.4, -0.2) is 11.8 Å². The molecule has 0 unspecified atom stereocenters. The van der Waals surface area contributed by atoms with Gasteiger partial charge < -0.3 is 10.6 Å². The van der Waals surface area contributed by atoms with E-state index in [1.54, 1.807) is 12.1 Å². The van der Waals surface area contributed by atoms with Crippen LogP contribution in [0.4, 0.5) is 11.4 Å². The summed E-state index contributed by atoms with van der Waals surface area (Å²) in [6, 6.07) is 13.2. The van der Waals surface area contributed by atoms with Crippen LogP contribution in [0.25, 0.3) is 0 Å². The Hall–Kier alpha value is -2.62. The van der Waals surface area contributed by atoms with Gasteiger partial charge in [-0.05, 0) is 43.0 Å². The van der Waals surface area contributed by atoms with Crippen LogP contribution < -0.4 is 10.6 Å². The van der Waals surface area contributed by atoms with Gasteiger partial charge in [-0.2, -0.15) is 0 Å². The molecule has 0 aromatic heterocycles. The largest absolute Gasteiger partial charge is 0.318 e. The number of carbonyl (C=O) groups is 2. The van der Waals surface area contributed by atoms with E-state index in [-0.39, 0.29) is 5.92 Å². The van der Waals surface area contributed by atoms with Crippen LogP contribution >= 0.6 is 0 Å². The topological polar surface area (TPSA) is 58.2 Å². The quantitative estimate of drug-likeness (QED) is 0.842. The minimum absolute atomic E-state index is 0.258. The van der Waals surface area contributed by atoms with Gasteiger partial charge in [-0.15, -0.1) is 0 Å². The number of benzene rings is 2. The maximum absolute atomic E-state index is 12.1. The number of aryl methyl sites for hydroxylation is 2. The predicted octanol–water partition coefficient (Wildman–Crippen LogP) is 4.00. The average molecular weight is 310 g/mol. The lowest BCUT2D eigenvalue weighted by Gasteiger charge is -2.14. The summed E-state index contributed by atoms with van der Waals surface area (Å²) in [6.07, 6.45) is 0. The third-order valence-corrected chi connectivity index (χ3v) is 3.67. The van der Waals surface area contributed by atoms with Crippen molar-refractivity contribution in [3.05, 3.63) is 59.2 Å². The zero-order valence-electron chi connectivity index (χ0n) is 13.9. The van der Waals surface area contributed by atoms with Gasteiger partial charge in [-0.25, -0.2) is 0 Å². The van der Waals surface area contributed by atoms with Gasteiger partial charge in [-0.1, -0.05) is 49.7 Å². The Bertz CT molecular complexity index is 736. The molecular formula is C19H22N2O2. The molecule has 0 aliphatic carbocycles. The summed E-state index contributed by atoms with van der Waals surface area (Å²) < 4.78 is 0. The van der Waals surface area contributed by atoms with Gasteiger partial charge in [0.1, 0.15) is 0 Å². The van der Waals surface area contributed by atoms with Gasteiger partial charge in [0.15, 0.2) is 0 Å². The van der Waals surface area contributed by atoms with Crippen LogP contribution in [0, 0.1) is 13.8 Å². The molecule has 0 heterocycles. The van der Waals surface area contributed by atoms with E-state index in [1.165, 1.54) is 0 Å². The molecule has 2 rings (SSSR count). The van der Waals surface area contributed by atoms with Crippen molar-refractivity contribution in [3.8, 4) is 0 Å². The molecule has 2 aromatic rings. The molecule has 0 aliphatic heterocycles. The molecule has 0 fully saturated rings. The van der Waals surface area contributed by atoms with E-state index >= 15 is 0 Å². The van der Waals surface area contributed by atoms with E-state index in [9.17, 15) is 9.59 Å². The Labute approximate surface area is 136 Å². The fourth-order valence-electron chi connectivity index (χ4n) is 2.43. The first-order valence-electron chi connectivity index (χ1n) is 7.67. The highest BCUT2D eigenvalue weighted by atomic mass is 16.2. The van der Waals surface area contributed by atoms with Crippen LogP contribution in [0.15, 0.2) is 42.5 Å². The van der Waals surface area contributed by atoms with Crippen LogP contribution in [-0.2, 0) is 9.59 Å². The van der Waals surface area contributed by atoms with Gasteiger partial charge in [0.25, 0.3) is 0 Å². The molecule has 0 atom stereocenters. The Morgan fingerprint density at radius 2 is 1.48 bits per heavy atom. The molecule has 120 valence electrons. The summed E-state index contributed by atoms with van der Waals surface area (Å²) in [5, 5.41) is 5.35. The van der Waals surface area contributed by atoms with Gasteiger partial charge >= 0.3 is 11.8 Å². The number of carbonyl (C=O) groups excluding carboxylic acids is 2. The van der Waals surface area contributed by atoms with E-state index in [2.05, 4.69) is 10.6 Å². The number of amides is 2. The van der Waals surface area contributed by atoms with Crippen molar-refractivity contribution in [1.29, 1.82) is 0 Å². The third kappa shape index (κ3) is 4.19. The van der Waals surface area contributed by atoms with Crippen molar-refractivity contribution in [3.63, 3.8) is 0 Å². The number of hydrogen-bond donors (Lipinski definition) is 2. The average Bonchev–Trinajstić information content (AvgIpc) is 2.50. The van der Waals surface area contributed by atoms with Crippen molar-refractivity contribution in [2.24, 2.45) is 0 Å². The zero-order chi connectivity index (χ0) is 17.0. The molecule has 0 spiro atoms. The minimum atomic E-state index is -0.671. The normalized spacial score (nSPS) is 10.5. The molecule has 23 heavy (non-hydrogen) atoms. The lowest BCUT2D eigenvalue weighted by atomic mass is 10.0. The Morgan fingerprint density at radius 3 is 2.09 bits per heavy atom. The second kappa shape index (κ2) is 7.09. The maximum Gasteiger partial charge on any atom is 0.314 e. The number of anilines is 2. The van der Waals surface area contributed by atoms with E-state index in [1.807, 2.05) is 58.0 Å². The highest BCUT2D eigenvalue weighted by Crippen LogP contribution is 2.23. The Kier molecular flexibility index (Phi) is 5.16. The second-order valence-corrected chi connectivity index (χ2v) is 5.97. The minimum Gasteiger partial charge on any atom is -0.318 e. The molecule has 0 aliphatic rings. The highest BCUT2D eigenvalue weighted by Gasteiger charge is 2.17. The number of para-hydroxylation sites is 1. The molecule has 0 bridgehead atoms. The van der Waals surface area contributed by atoms with E-state index in [4.69, 9.17) is 0 Å². The lowest BCUT2D eigenvalue weighted by molar-refractivity contribution is -0.133. The fourth-order valence-corrected chi connectivity index (χ4v) is 2.43. The van der Waals surface area contributed by atoms with Crippen molar-refractivity contribution in [1.82, 2.24) is 0 Å². The van der Waals surface area contributed by atoms with Crippen molar-refractivity contribution in [2.45, 2.75) is 33.6 Å². The van der Waals surface area contributed by atoms with Crippen molar-refractivity contribution < 1.29 is 9.59 Å². The van der Waals surface area contributed by atoms with Crippen LogP contribution in [0.3, 0.4) is 0 Å². The van der Waals surface area contributed by atoms with Gasteiger partial charge in [0.2, 0.25) is 0 Å². The van der Waals surface area contributed by atoms with Crippen LogP contribution in [0.2, 0.25) is 0 Å². The molecular weight excluding hydrogens is 288 g/mol. The molecule has 4 nitrogen and oxygen atoms in total. The van der Waals surface area contributed by atoms with E-state index < -0.39 is 11.8 Å². The molecule has 2 N–H and O–H groups in total. The second-order valence-electron chi connectivity index (χ2n) is 5.97. The summed E-state index contributed by atoms with van der Waals surface area (Å²) in [6.45, 7) is 7.96. The van der Waals surface area contributed by atoms with Gasteiger partial charge in [0.05, 0.1) is 0 Å². The van der Waals surface area contributed by atoms with Crippen molar-refractivity contribution in [2.75, 3.05) is 10.6 Å². The fraction of sp³-hybridized carbons (Fsp3) is 0.263. The van der Waals surface area contributed by atoms with Crippen LogP contribution in [0.5, 0.6) is 0 Å². The Morgan fingerprint density at radius 1 is 0.870 bits per heavy atom. The molecule has 0 saturated heterocycles. The Balaban J connectivity index is 2.10. The predicted molar refractivity (Wildman–Crippen MR) is 93.7 cm³/mol. The lowest BCUT2D eigenvalue weighted by Crippen LogP contribution is -2.29. The maximum atomic E-state index is 12.1. The summed E-state index contributed by atoms with van der Waals surface area (Å²) in [5.41, 5.74) is 4.35. The SMILES string of the molecule is Cc1ccc(NC(=O)C(=O)Nc2ccccc2C(C)C)c(C)c1. The summed E-state index contributed by atoms with van der Waals surface area (Å²) in [7, 11) is 0. The number of hydrogen-bond acceptors (Lipinski definition) is 2. The van der Waals surface area contributed by atoms with E-state index in [0.29, 0.717) is 11.4 Å². The zero-order valence-corrected chi connectivity index (χ0v) is 13.9. The van der Waals surface area contributed by atoms with Crippen LogP contribution in [0.1, 0.15) is 36.5 Å². The monoisotopic (exact) mass is 310 g/mol. The molecule has 0 saturated carbocycles. The number of nitrogens with one attached hydrogen (secondary N) is 2. The molecule has 2 aromatic carbocycles. The summed E-state index contributed by atoms with van der Waals surface area (Å²) in [4.78, 5) is 24.3.